The van der Waals surface area contributed by atoms with Crippen molar-refractivity contribution in [3.63, 3.8) is 0 Å². The van der Waals surface area contributed by atoms with E-state index in [1.165, 1.54) is 26.2 Å². The zero-order valence-electron chi connectivity index (χ0n) is 16.0. The second-order valence-corrected chi connectivity index (χ2v) is 9.11. The van der Waals surface area contributed by atoms with Gasteiger partial charge in [0.25, 0.3) is 5.91 Å². The molecule has 30 heavy (non-hydrogen) atoms. The zero-order valence-corrected chi connectivity index (χ0v) is 16.8. The fourth-order valence-corrected chi connectivity index (χ4v) is 4.88. The van der Waals surface area contributed by atoms with E-state index in [9.17, 15) is 30.8 Å². The lowest BCUT2D eigenvalue weighted by Gasteiger charge is -2.19. The van der Waals surface area contributed by atoms with Gasteiger partial charge in [0.15, 0.2) is 9.84 Å². The van der Waals surface area contributed by atoms with Crippen LogP contribution >= 0.6 is 0 Å². The minimum Gasteiger partial charge on any atom is -0.496 e. The topological polar surface area (TPSA) is 85.4 Å². The smallest absolute Gasteiger partial charge is 0.395 e. The molecule has 1 saturated carbocycles. The number of amides is 1. The normalized spacial score (nSPS) is 15.5. The monoisotopic (exact) mass is 446 g/mol. The Bertz CT molecular complexity index is 1100. The number of carbonyl (C=O) groups is 1. The summed E-state index contributed by atoms with van der Waals surface area (Å²) in [6.07, 6.45) is -5.14. The summed E-state index contributed by atoms with van der Waals surface area (Å²) in [5.41, 5.74) is -2.42. The molecule has 1 fully saturated rings. The molecule has 0 atom stereocenters. The molecular formula is C19H18F4N2O4S. The highest BCUT2D eigenvalue weighted by Crippen LogP contribution is 2.58. The lowest BCUT2D eigenvalue weighted by molar-refractivity contribution is -0.180. The molecule has 162 valence electrons. The summed E-state index contributed by atoms with van der Waals surface area (Å²) in [7, 11) is -3.07. The lowest BCUT2D eigenvalue weighted by Crippen LogP contribution is -2.32. The second-order valence-electron chi connectivity index (χ2n) is 7.12. The standard InChI is InChI=1S/C19H18F4N2O4S/c1-11-14(20)4-6-16(24-11)25-17(26)13-9-12(3-5-15(13)29-2)30(27,28)10-18(7-8-18)19(21,22)23/h3-6,9H,7-8,10H2,1-2H3,(H,24,25,26). The van der Waals surface area contributed by atoms with Crippen molar-refractivity contribution in [2.75, 3.05) is 18.2 Å². The van der Waals surface area contributed by atoms with Crippen LogP contribution in [0, 0.1) is 18.2 Å². The SMILES string of the molecule is COc1ccc(S(=O)(=O)CC2(C(F)(F)F)CC2)cc1C(=O)Nc1ccc(F)c(C)n1. The number of nitrogens with zero attached hydrogens (tertiary/aromatic N) is 1. The minimum absolute atomic E-state index is 0.0160. The number of ether oxygens (including phenoxy) is 1. The highest BCUT2D eigenvalue weighted by molar-refractivity contribution is 7.91. The lowest BCUT2D eigenvalue weighted by atomic mass is 10.1. The molecule has 1 N–H and O–H groups in total. The van der Waals surface area contributed by atoms with Crippen LogP contribution in [0.5, 0.6) is 5.75 Å². The van der Waals surface area contributed by atoms with Crippen molar-refractivity contribution in [2.45, 2.75) is 30.8 Å². The Hall–Kier alpha value is -2.69. The maximum absolute atomic E-state index is 13.3. The molecule has 0 bridgehead atoms. The van der Waals surface area contributed by atoms with Gasteiger partial charge in [-0.25, -0.2) is 17.8 Å². The number of halogens is 4. The van der Waals surface area contributed by atoms with Gasteiger partial charge < -0.3 is 10.1 Å². The molecule has 11 heteroatoms. The van der Waals surface area contributed by atoms with Crippen LogP contribution < -0.4 is 10.1 Å². The summed E-state index contributed by atoms with van der Waals surface area (Å²) in [5, 5.41) is 2.39. The van der Waals surface area contributed by atoms with Crippen molar-refractivity contribution >= 4 is 21.6 Å². The number of sulfone groups is 1. The summed E-state index contributed by atoms with van der Waals surface area (Å²) in [6.45, 7) is 1.40. The van der Waals surface area contributed by atoms with Crippen molar-refractivity contribution in [1.82, 2.24) is 4.98 Å². The first-order chi connectivity index (χ1) is 13.9. The number of carbonyl (C=O) groups excluding carboxylic acids is 1. The number of aromatic nitrogens is 1. The first kappa shape index (κ1) is 22.0. The van der Waals surface area contributed by atoms with Gasteiger partial charge in [0.2, 0.25) is 0 Å². The van der Waals surface area contributed by atoms with Gasteiger partial charge in [-0.1, -0.05) is 0 Å². The molecule has 6 nitrogen and oxygen atoms in total. The van der Waals surface area contributed by atoms with Crippen molar-refractivity contribution in [1.29, 1.82) is 0 Å². The molecule has 1 heterocycles. The maximum Gasteiger partial charge on any atom is 0.395 e. The Balaban J connectivity index is 1.91. The first-order valence-electron chi connectivity index (χ1n) is 8.81. The number of benzene rings is 1. The van der Waals surface area contributed by atoms with Crippen molar-refractivity contribution < 1.29 is 35.5 Å². The van der Waals surface area contributed by atoms with Gasteiger partial charge in [-0.05, 0) is 50.1 Å². The van der Waals surface area contributed by atoms with Crippen molar-refractivity contribution in [3.8, 4) is 5.75 Å². The number of alkyl halides is 3. The van der Waals surface area contributed by atoms with E-state index < -0.39 is 43.8 Å². The predicted molar refractivity (Wildman–Crippen MR) is 99.7 cm³/mol. The van der Waals surface area contributed by atoms with Gasteiger partial charge in [0.1, 0.15) is 17.4 Å². The largest absolute Gasteiger partial charge is 0.496 e. The van der Waals surface area contributed by atoms with E-state index in [2.05, 4.69) is 10.3 Å². The van der Waals surface area contributed by atoms with E-state index in [0.29, 0.717) is 0 Å². The van der Waals surface area contributed by atoms with E-state index in [0.717, 1.165) is 18.2 Å². The molecule has 1 amide bonds. The highest BCUT2D eigenvalue weighted by atomic mass is 32.2. The quantitative estimate of drug-likeness (QED) is 0.681. The summed E-state index contributed by atoms with van der Waals surface area (Å²) in [5.74, 6) is -2.43. The fourth-order valence-electron chi connectivity index (χ4n) is 2.96. The van der Waals surface area contributed by atoms with Crippen LogP contribution in [-0.4, -0.2) is 38.3 Å². The fraction of sp³-hybridized carbons (Fsp3) is 0.368. The molecule has 0 spiro atoms. The third kappa shape index (κ3) is 4.25. The maximum atomic E-state index is 13.3. The Morgan fingerprint density at radius 3 is 2.43 bits per heavy atom. The van der Waals surface area contributed by atoms with Crippen LogP contribution in [0.15, 0.2) is 35.2 Å². The van der Waals surface area contributed by atoms with Crippen LogP contribution in [0.4, 0.5) is 23.4 Å². The summed E-state index contributed by atoms with van der Waals surface area (Å²) in [6, 6.07) is 5.57. The number of methoxy groups -OCH3 is 1. The molecule has 1 aliphatic rings. The van der Waals surface area contributed by atoms with E-state index in [1.807, 2.05) is 0 Å². The summed E-state index contributed by atoms with van der Waals surface area (Å²) < 4.78 is 83.2. The molecule has 1 aromatic carbocycles. The van der Waals surface area contributed by atoms with E-state index in [1.54, 1.807) is 0 Å². The molecule has 3 rings (SSSR count). The van der Waals surface area contributed by atoms with Crippen LogP contribution in [0.25, 0.3) is 0 Å². The van der Waals surface area contributed by atoms with Gasteiger partial charge >= 0.3 is 6.18 Å². The third-order valence-electron chi connectivity index (χ3n) is 4.96. The number of hydrogen-bond donors (Lipinski definition) is 1. The van der Waals surface area contributed by atoms with Crippen molar-refractivity contribution in [3.05, 3.63) is 47.4 Å². The van der Waals surface area contributed by atoms with Gasteiger partial charge in [-0.3, -0.25) is 4.79 Å². The zero-order chi connectivity index (χ0) is 22.3. The summed E-state index contributed by atoms with van der Waals surface area (Å²) in [4.78, 5) is 16.1. The van der Waals surface area contributed by atoms with Gasteiger partial charge in [-0.15, -0.1) is 0 Å². The molecule has 0 radical (unpaired) electrons. The van der Waals surface area contributed by atoms with Gasteiger partial charge in [0.05, 0.1) is 34.4 Å². The Morgan fingerprint density at radius 2 is 1.90 bits per heavy atom. The Morgan fingerprint density at radius 1 is 1.23 bits per heavy atom. The molecule has 0 aliphatic heterocycles. The highest BCUT2D eigenvalue weighted by Gasteiger charge is 2.64. The van der Waals surface area contributed by atoms with Crippen molar-refractivity contribution in [2.24, 2.45) is 5.41 Å². The number of anilines is 1. The molecule has 1 aromatic heterocycles. The van der Waals surface area contributed by atoms with E-state index in [4.69, 9.17) is 4.74 Å². The molecule has 1 aliphatic carbocycles. The third-order valence-corrected chi connectivity index (χ3v) is 6.86. The molecule has 0 saturated heterocycles. The Kier molecular flexibility index (Phi) is 5.52. The second kappa shape index (κ2) is 7.53. The number of aryl methyl sites for hydroxylation is 1. The molecule has 0 unspecified atom stereocenters. The summed E-state index contributed by atoms with van der Waals surface area (Å²) >= 11 is 0. The minimum atomic E-state index is -4.63. The van der Waals surface area contributed by atoms with E-state index in [-0.39, 0.29) is 35.7 Å². The average molecular weight is 446 g/mol. The molecule has 2 aromatic rings. The van der Waals surface area contributed by atoms with Gasteiger partial charge in [-0.2, -0.15) is 13.2 Å². The number of pyridine rings is 1. The Labute approximate surface area is 170 Å². The first-order valence-corrected chi connectivity index (χ1v) is 10.5. The van der Waals surface area contributed by atoms with Crippen LogP contribution in [-0.2, 0) is 9.84 Å². The number of rotatable bonds is 6. The average Bonchev–Trinajstić information content (AvgIpc) is 3.44. The van der Waals surface area contributed by atoms with Crippen LogP contribution in [0.2, 0.25) is 0 Å². The van der Waals surface area contributed by atoms with Crippen LogP contribution in [0.1, 0.15) is 28.9 Å². The van der Waals surface area contributed by atoms with Crippen LogP contribution in [0.3, 0.4) is 0 Å². The van der Waals surface area contributed by atoms with E-state index >= 15 is 0 Å². The number of nitrogens with one attached hydrogen (secondary N) is 1. The number of hydrogen-bond acceptors (Lipinski definition) is 5. The predicted octanol–water partition coefficient (Wildman–Crippen LogP) is 3.91. The molecular weight excluding hydrogens is 428 g/mol. The van der Waals surface area contributed by atoms with Gasteiger partial charge in [0, 0.05) is 0 Å².